The molecule has 1 aliphatic rings. The van der Waals surface area contributed by atoms with E-state index >= 15 is 0 Å². The first-order chi connectivity index (χ1) is 3.60. The molecule has 0 saturated carbocycles. The van der Waals surface area contributed by atoms with E-state index in [1.807, 2.05) is 0 Å². The Kier molecular flexibility index (Phi) is 1.54. The molecule has 4 heteroatoms. The van der Waals surface area contributed by atoms with E-state index in [-0.39, 0.29) is 5.75 Å². The number of hydrogen-bond donors (Lipinski definition) is 2. The van der Waals surface area contributed by atoms with Gasteiger partial charge in [-0.2, -0.15) is 10.6 Å². The zero-order valence-corrected chi connectivity index (χ0v) is 5.74. The van der Waals surface area contributed by atoms with E-state index in [0.29, 0.717) is 10.8 Å². The SMILES string of the molecule is OS1(O)CC=C(Cl)C1. The molecule has 0 aromatic carbocycles. The van der Waals surface area contributed by atoms with Crippen molar-refractivity contribution in [2.24, 2.45) is 0 Å². The maximum Gasteiger partial charge on any atom is 0.0732 e. The van der Waals surface area contributed by atoms with Crippen molar-refractivity contribution in [2.45, 2.75) is 0 Å². The summed E-state index contributed by atoms with van der Waals surface area (Å²) in [5.74, 6) is 0.598. The lowest BCUT2D eigenvalue weighted by Crippen LogP contribution is -1.98. The summed E-state index contributed by atoms with van der Waals surface area (Å²) in [6, 6.07) is 0. The summed E-state index contributed by atoms with van der Waals surface area (Å²) in [5.41, 5.74) is 0. The van der Waals surface area contributed by atoms with Crippen LogP contribution in [0.5, 0.6) is 0 Å². The fourth-order valence-corrected chi connectivity index (χ4v) is 2.40. The van der Waals surface area contributed by atoms with Crippen LogP contribution >= 0.6 is 22.2 Å². The van der Waals surface area contributed by atoms with Crippen molar-refractivity contribution in [3.05, 3.63) is 11.1 Å². The minimum absolute atomic E-state index is 0.258. The third-order valence-corrected chi connectivity index (χ3v) is 2.86. The second-order valence-electron chi connectivity index (χ2n) is 1.76. The second-order valence-corrected chi connectivity index (χ2v) is 4.48. The molecular formula is C4H7ClO2S. The lowest BCUT2D eigenvalue weighted by atomic mass is 10.6. The summed E-state index contributed by atoms with van der Waals surface area (Å²) in [6.07, 6.45) is 1.65. The molecule has 2 nitrogen and oxygen atoms in total. The summed E-state index contributed by atoms with van der Waals surface area (Å²) in [4.78, 5) is 0. The Morgan fingerprint density at radius 2 is 2.25 bits per heavy atom. The summed E-state index contributed by atoms with van der Waals surface area (Å²) < 4.78 is 17.7. The van der Waals surface area contributed by atoms with Crippen molar-refractivity contribution in [1.29, 1.82) is 0 Å². The Morgan fingerprint density at radius 1 is 1.62 bits per heavy atom. The van der Waals surface area contributed by atoms with E-state index in [1.165, 1.54) is 0 Å². The van der Waals surface area contributed by atoms with Gasteiger partial charge in [-0.1, -0.05) is 11.6 Å². The molecular weight excluding hydrogens is 148 g/mol. The molecule has 1 rings (SSSR count). The zero-order chi connectivity index (χ0) is 6.20. The third-order valence-electron chi connectivity index (χ3n) is 0.941. The highest BCUT2D eigenvalue weighted by atomic mass is 35.5. The molecule has 8 heavy (non-hydrogen) atoms. The predicted octanol–water partition coefficient (Wildman–Crippen LogP) is 1.87. The maximum absolute atomic E-state index is 8.87. The van der Waals surface area contributed by atoms with Crippen LogP contribution in [-0.4, -0.2) is 20.6 Å². The first-order valence-corrected chi connectivity index (χ1v) is 4.44. The molecule has 0 amide bonds. The zero-order valence-electron chi connectivity index (χ0n) is 4.17. The lowest BCUT2D eigenvalue weighted by Gasteiger charge is -2.25. The first kappa shape index (κ1) is 6.42. The number of halogens is 1. The van der Waals surface area contributed by atoms with Crippen LogP contribution in [0, 0.1) is 0 Å². The van der Waals surface area contributed by atoms with Gasteiger partial charge in [-0.25, -0.2) is 0 Å². The van der Waals surface area contributed by atoms with Crippen LogP contribution in [0.25, 0.3) is 0 Å². The van der Waals surface area contributed by atoms with E-state index in [4.69, 9.17) is 20.7 Å². The first-order valence-electron chi connectivity index (χ1n) is 2.18. The maximum atomic E-state index is 8.87. The van der Waals surface area contributed by atoms with E-state index in [1.54, 1.807) is 6.08 Å². The van der Waals surface area contributed by atoms with Gasteiger partial charge in [0.1, 0.15) is 0 Å². The van der Waals surface area contributed by atoms with Gasteiger partial charge >= 0.3 is 0 Å². The monoisotopic (exact) mass is 154 g/mol. The number of hydrogen-bond acceptors (Lipinski definition) is 2. The second kappa shape index (κ2) is 1.92. The Labute approximate surface area is 54.5 Å². The van der Waals surface area contributed by atoms with E-state index in [9.17, 15) is 0 Å². The molecule has 1 aliphatic heterocycles. The minimum Gasteiger partial charge on any atom is -0.299 e. The molecule has 0 unspecified atom stereocenters. The van der Waals surface area contributed by atoms with Crippen LogP contribution in [0.15, 0.2) is 11.1 Å². The summed E-state index contributed by atoms with van der Waals surface area (Å²) >= 11 is 5.46. The molecule has 0 aliphatic carbocycles. The van der Waals surface area contributed by atoms with Crippen LogP contribution in [-0.2, 0) is 0 Å². The molecule has 0 aromatic rings. The molecule has 2 N–H and O–H groups in total. The quantitative estimate of drug-likeness (QED) is 0.559. The topological polar surface area (TPSA) is 40.5 Å². The van der Waals surface area contributed by atoms with Gasteiger partial charge in [0.15, 0.2) is 0 Å². The highest BCUT2D eigenvalue weighted by molar-refractivity contribution is 8.24. The largest absolute Gasteiger partial charge is 0.299 e. The van der Waals surface area contributed by atoms with Crippen molar-refractivity contribution < 1.29 is 9.11 Å². The van der Waals surface area contributed by atoms with Crippen molar-refractivity contribution in [1.82, 2.24) is 0 Å². The normalized spacial score (nSPS) is 29.6. The molecule has 0 atom stereocenters. The smallest absolute Gasteiger partial charge is 0.0732 e. The van der Waals surface area contributed by atoms with E-state index in [0.717, 1.165) is 0 Å². The van der Waals surface area contributed by atoms with E-state index < -0.39 is 10.6 Å². The van der Waals surface area contributed by atoms with Crippen molar-refractivity contribution in [3.63, 3.8) is 0 Å². The van der Waals surface area contributed by atoms with Gasteiger partial charge in [-0.15, -0.1) is 0 Å². The van der Waals surface area contributed by atoms with Crippen LogP contribution < -0.4 is 0 Å². The van der Waals surface area contributed by atoms with Crippen molar-refractivity contribution in [2.75, 3.05) is 11.5 Å². The minimum atomic E-state index is -2.32. The Morgan fingerprint density at radius 3 is 2.38 bits per heavy atom. The summed E-state index contributed by atoms with van der Waals surface area (Å²) in [5, 5.41) is 0.574. The Hall–Kier alpha value is 0.300. The van der Waals surface area contributed by atoms with Crippen molar-refractivity contribution >= 4 is 22.2 Å². The summed E-state index contributed by atoms with van der Waals surface area (Å²) in [7, 11) is -2.32. The Bertz CT molecular complexity index is 132. The molecule has 0 spiro atoms. The third kappa shape index (κ3) is 1.39. The van der Waals surface area contributed by atoms with Gasteiger partial charge in [-0.3, -0.25) is 9.11 Å². The highest BCUT2D eigenvalue weighted by Crippen LogP contribution is 2.45. The van der Waals surface area contributed by atoms with Gasteiger partial charge in [0.05, 0.1) is 11.5 Å². The van der Waals surface area contributed by atoms with Gasteiger partial charge in [0.2, 0.25) is 0 Å². The van der Waals surface area contributed by atoms with Gasteiger partial charge in [-0.05, 0) is 6.08 Å². The van der Waals surface area contributed by atoms with E-state index in [2.05, 4.69) is 0 Å². The van der Waals surface area contributed by atoms with Gasteiger partial charge < -0.3 is 0 Å². The molecule has 0 bridgehead atoms. The fraction of sp³-hybridized carbons (Fsp3) is 0.500. The fourth-order valence-electron chi connectivity index (χ4n) is 0.563. The van der Waals surface area contributed by atoms with Crippen LogP contribution in [0.1, 0.15) is 0 Å². The van der Waals surface area contributed by atoms with Crippen molar-refractivity contribution in [3.8, 4) is 0 Å². The average Bonchev–Trinajstić information content (AvgIpc) is 1.82. The number of rotatable bonds is 0. The van der Waals surface area contributed by atoms with Crippen LogP contribution in [0.4, 0.5) is 0 Å². The molecule has 1 heterocycles. The standard InChI is InChI=1S/C4H7ClO2S/c5-4-1-2-8(6,7)3-4/h1,6-7H,2-3H2. The molecule has 0 fully saturated rings. The van der Waals surface area contributed by atoms with Crippen LogP contribution in [0.3, 0.4) is 0 Å². The predicted molar refractivity (Wildman–Crippen MR) is 36.5 cm³/mol. The molecule has 0 saturated heterocycles. The molecule has 0 aromatic heterocycles. The average molecular weight is 155 g/mol. The highest BCUT2D eigenvalue weighted by Gasteiger charge is 2.18. The lowest BCUT2D eigenvalue weighted by molar-refractivity contribution is 0.497. The van der Waals surface area contributed by atoms with Gasteiger partial charge in [0, 0.05) is 5.03 Å². The molecule has 0 radical (unpaired) electrons. The van der Waals surface area contributed by atoms with Crippen LogP contribution in [0.2, 0.25) is 0 Å². The molecule has 48 valence electrons. The summed E-state index contributed by atoms with van der Waals surface area (Å²) in [6.45, 7) is 0. The van der Waals surface area contributed by atoms with Gasteiger partial charge in [0.25, 0.3) is 0 Å². The Balaban J connectivity index is 2.55.